The van der Waals surface area contributed by atoms with E-state index in [1.165, 1.54) is 0 Å². The fourth-order valence-corrected chi connectivity index (χ4v) is 4.50. The minimum Gasteiger partial charge on any atom is -0.443 e. The Labute approximate surface area is 176 Å². The Hall–Kier alpha value is -1.64. The standard InChI is InChI=1S/C21H38N4O3Si/c1-20(2,3)27-19(26)25(16-9-11-23-13-15(16)22)17-14-24-12-10-18(17)28-29(7,8)21(4,5)6/h9,11,13,17-18,24H,10,12,14,22H2,1-8H3. The molecule has 0 bridgehead atoms. The van der Waals surface area contributed by atoms with Crippen LogP contribution in [0.3, 0.4) is 0 Å². The highest BCUT2D eigenvalue weighted by Crippen LogP contribution is 2.39. The molecule has 0 spiro atoms. The van der Waals surface area contributed by atoms with E-state index in [0.29, 0.717) is 17.9 Å². The lowest BCUT2D eigenvalue weighted by Gasteiger charge is -2.46. The van der Waals surface area contributed by atoms with Crippen molar-refractivity contribution in [3.05, 3.63) is 18.5 Å². The van der Waals surface area contributed by atoms with Crippen molar-refractivity contribution < 1.29 is 14.0 Å². The summed E-state index contributed by atoms with van der Waals surface area (Å²) < 4.78 is 12.5. The first-order chi connectivity index (χ1) is 13.2. The van der Waals surface area contributed by atoms with Crippen LogP contribution in [0.5, 0.6) is 0 Å². The maximum Gasteiger partial charge on any atom is 0.415 e. The SMILES string of the molecule is CC(C)(C)OC(=O)N(c1ccncc1N)C1CNCCC1O[Si](C)(C)C(C)(C)C. The molecule has 0 radical (unpaired) electrons. The summed E-state index contributed by atoms with van der Waals surface area (Å²) in [5, 5.41) is 3.48. The minimum absolute atomic E-state index is 0.0782. The summed E-state index contributed by atoms with van der Waals surface area (Å²) >= 11 is 0. The molecule has 1 amide bonds. The fraction of sp³-hybridized carbons (Fsp3) is 0.714. The van der Waals surface area contributed by atoms with Crippen molar-refractivity contribution in [3.63, 3.8) is 0 Å². The summed E-state index contributed by atoms with van der Waals surface area (Å²) in [5.74, 6) is 0. The smallest absolute Gasteiger partial charge is 0.415 e. The van der Waals surface area contributed by atoms with E-state index in [0.717, 1.165) is 13.0 Å². The van der Waals surface area contributed by atoms with Gasteiger partial charge in [0.2, 0.25) is 0 Å². The number of hydrogen-bond acceptors (Lipinski definition) is 6. The number of ether oxygens (including phenoxy) is 1. The first kappa shape index (κ1) is 23.6. The molecule has 0 saturated carbocycles. The Bertz CT molecular complexity index is 713. The van der Waals surface area contributed by atoms with Gasteiger partial charge in [-0.15, -0.1) is 0 Å². The zero-order chi connectivity index (χ0) is 22.0. The van der Waals surface area contributed by atoms with Crippen molar-refractivity contribution in [2.24, 2.45) is 0 Å². The molecule has 2 atom stereocenters. The van der Waals surface area contributed by atoms with Crippen LogP contribution in [0.25, 0.3) is 0 Å². The van der Waals surface area contributed by atoms with Crippen LogP contribution in [0.2, 0.25) is 18.1 Å². The molecule has 1 aliphatic rings. The molecule has 1 aliphatic heterocycles. The molecule has 1 aromatic heterocycles. The normalized spacial score (nSPS) is 21.0. The van der Waals surface area contributed by atoms with Gasteiger partial charge in [0.25, 0.3) is 0 Å². The number of piperidine rings is 1. The van der Waals surface area contributed by atoms with E-state index in [2.05, 4.69) is 44.2 Å². The summed E-state index contributed by atoms with van der Waals surface area (Å²) in [6, 6.07) is 1.54. The number of carbonyl (C=O) groups is 1. The van der Waals surface area contributed by atoms with Gasteiger partial charge in [-0.1, -0.05) is 20.8 Å². The van der Waals surface area contributed by atoms with E-state index in [4.69, 9.17) is 14.9 Å². The molecule has 1 aromatic rings. The highest BCUT2D eigenvalue weighted by atomic mass is 28.4. The Kier molecular flexibility index (Phi) is 7.02. The van der Waals surface area contributed by atoms with Gasteiger partial charge in [-0.25, -0.2) is 4.79 Å². The first-order valence-electron chi connectivity index (χ1n) is 10.3. The zero-order valence-corrected chi connectivity index (χ0v) is 20.2. The highest BCUT2D eigenvalue weighted by molar-refractivity contribution is 6.74. The van der Waals surface area contributed by atoms with Gasteiger partial charge in [0, 0.05) is 12.7 Å². The highest BCUT2D eigenvalue weighted by Gasteiger charge is 2.44. The molecule has 1 fully saturated rings. The van der Waals surface area contributed by atoms with Crippen LogP contribution < -0.4 is 16.0 Å². The molecule has 2 rings (SSSR count). The van der Waals surface area contributed by atoms with Crippen LogP contribution in [0, 0.1) is 0 Å². The largest absolute Gasteiger partial charge is 0.443 e. The van der Waals surface area contributed by atoms with Gasteiger partial charge in [-0.2, -0.15) is 0 Å². The summed E-state index contributed by atoms with van der Waals surface area (Å²) in [7, 11) is -2.03. The van der Waals surface area contributed by atoms with E-state index in [-0.39, 0.29) is 17.2 Å². The van der Waals surface area contributed by atoms with Crippen LogP contribution in [0.15, 0.2) is 18.5 Å². The molecule has 164 valence electrons. The second-order valence-electron chi connectivity index (χ2n) is 10.3. The number of nitrogen functional groups attached to an aromatic ring is 1. The molecule has 1 saturated heterocycles. The van der Waals surface area contributed by atoms with Gasteiger partial charge in [0.15, 0.2) is 8.32 Å². The van der Waals surface area contributed by atoms with E-state index in [9.17, 15) is 4.79 Å². The number of pyridine rings is 1. The number of nitrogens with two attached hydrogens (primary N) is 1. The van der Waals surface area contributed by atoms with Gasteiger partial charge in [-0.3, -0.25) is 9.88 Å². The van der Waals surface area contributed by atoms with Crippen LogP contribution in [-0.4, -0.2) is 50.2 Å². The third kappa shape index (κ3) is 5.93. The number of carbonyl (C=O) groups excluding carboxylic acids is 1. The molecule has 7 nitrogen and oxygen atoms in total. The maximum absolute atomic E-state index is 13.3. The van der Waals surface area contributed by atoms with Crippen molar-refractivity contribution in [1.82, 2.24) is 10.3 Å². The lowest BCUT2D eigenvalue weighted by atomic mass is 10.0. The van der Waals surface area contributed by atoms with Crippen molar-refractivity contribution in [2.45, 2.75) is 83.8 Å². The van der Waals surface area contributed by atoms with Gasteiger partial charge in [-0.05, 0) is 57.9 Å². The Balaban J connectivity index is 2.44. The number of anilines is 2. The van der Waals surface area contributed by atoms with E-state index in [1.54, 1.807) is 23.4 Å². The predicted octanol–water partition coefficient (Wildman–Crippen LogP) is 4.16. The number of aromatic nitrogens is 1. The van der Waals surface area contributed by atoms with Gasteiger partial charge in [0.05, 0.1) is 29.7 Å². The average molecular weight is 423 g/mol. The Morgan fingerprint density at radius 1 is 1.28 bits per heavy atom. The molecular formula is C21H38N4O3Si. The fourth-order valence-electron chi connectivity index (χ4n) is 3.11. The molecule has 0 aliphatic carbocycles. The van der Waals surface area contributed by atoms with Gasteiger partial charge < -0.3 is 20.2 Å². The molecule has 2 heterocycles. The maximum atomic E-state index is 13.3. The van der Waals surface area contributed by atoms with Gasteiger partial charge >= 0.3 is 6.09 Å². The number of amides is 1. The zero-order valence-electron chi connectivity index (χ0n) is 19.2. The van der Waals surface area contributed by atoms with Crippen molar-refractivity contribution >= 4 is 25.8 Å². The summed E-state index contributed by atoms with van der Waals surface area (Å²) in [4.78, 5) is 19.0. The third-order valence-corrected chi connectivity index (χ3v) is 10.2. The van der Waals surface area contributed by atoms with E-state index in [1.807, 2.05) is 20.8 Å². The lowest BCUT2D eigenvalue weighted by Crippen LogP contribution is -2.60. The van der Waals surface area contributed by atoms with E-state index < -0.39 is 20.0 Å². The van der Waals surface area contributed by atoms with Crippen molar-refractivity contribution in [1.29, 1.82) is 0 Å². The summed E-state index contributed by atoms with van der Waals surface area (Å²) in [6.07, 6.45) is 3.50. The molecular weight excluding hydrogens is 384 g/mol. The lowest BCUT2D eigenvalue weighted by molar-refractivity contribution is 0.0494. The molecule has 2 unspecified atom stereocenters. The average Bonchev–Trinajstić information content (AvgIpc) is 2.55. The molecule has 3 N–H and O–H groups in total. The second-order valence-corrected chi connectivity index (χ2v) is 15.0. The van der Waals surface area contributed by atoms with Gasteiger partial charge in [0.1, 0.15) is 5.60 Å². The predicted molar refractivity (Wildman–Crippen MR) is 121 cm³/mol. The Morgan fingerprint density at radius 3 is 2.48 bits per heavy atom. The van der Waals surface area contributed by atoms with Crippen LogP contribution in [0.4, 0.5) is 16.2 Å². The minimum atomic E-state index is -2.03. The third-order valence-electron chi connectivity index (χ3n) is 5.65. The summed E-state index contributed by atoms with van der Waals surface area (Å²) in [5.41, 5.74) is 6.63. The molecule has 29 heavy (non-hydrogen) atoms. The number of rotatable bonds is 4. The van der Waals surface area contributed by atoms with Crippen LogP contribution in [-0.2, 0) is 9.16 Å². The van der Waals surface area contributed by atoms with Crippen LogP contribution in [0.1, 0.15) is 48.0 Å². The van der Waals surface area contributed by atoms with Crippen molar-refractivity contribution in [2.75, 3.05) is 23.7 Å². The van der Waals surface area contributed by atoms with Crippen LogP contribution >= 0.6 is 0 Å². The van der Waals surface area contributed by atoms with Crippen molar-refractivity contribution in [3.8, 4) is 0 Å². The topological polar surface area (TPSA) is 89.7 Å². The first-order valence-corrected chi connectivity index (χ1v) is 13.2. The molecule has 0 aromatic carbocycles. The second kappa shape index (κ2) is 8.61. The molecule has 8 heteroatoms. The number of nitrogens with zero attached hydrogens (tertiary/aromatic N) is 2. The quantitative estimate of drug-likeness (QED) is 0.708. The monoisotopic (exact) mass is 422 g/mol. The summed E-state index contributed by atoms with van der Waals surface area (Å²) in [6.45, 7) is 18.2. The number of nitrogens with one attached hydrogen (secondary N) is 1. The Morgan fingerprint density at radius 2 is 1.93 bits per heavy atom. The van der Waals surface area contributed by atoms with E-state index >= 15 is 0 Å². The number of hydrogen-bond donors (Lipinski definition) is 2.